The van der Waals surface area contributed by atoms with E-state index in [9.17, 15) is 9.59 Å². The van der Waals surface area contributed by atoms with Gasteiger partial charge in [0.25, 0.3) is 0 Å². The third kappa shape index (κ3) is 5.12. The molecule has 1 N–H and O–H groups in total. The minimum absolute atomic E-state index is 0.00818. The van der Waals surface area contributed by atoms with Crippen molar-refractivity contribution in [2.24, 2.45) is 0 Å². The molecule has 0 spiro atoms. The lowest BCUT2D eigenvalue weighted by Crippen LogP contribution is -2.73. The Morgan fingerprint density at radius 2 is 1.71 bits per heavy atom. The molecule has 6 heteroatoms. The molecular weight excluding hydrogens is 458 g/mol. The molecule has 1 aliphatic carbocycles. The lowest BCUT2D eigenvalue weighted by atomic mass is 9.85. The maximum Gasteiger partial charge on any atom is 0.247 e. The lowest BCUT2D eigenvalue weighted by Gasteiger charge is -2.52. The van der Waals surface area contributed by atoms with Crippen molar-refractivity contribution in [1.82, 2.24) is 15.1 Å². The SMILES string of the molecule is C[C@]1(C(=O)NC2CCCCCC2)CN2Cc3ccccc3C[C@H]2C(=O)N1CCc1ccc(Cl)cc1. The summed E-state index contributed by atoms with van der Waals surface area (Å²) in [7, 11) is 0. The summed E-state index contributed by atoms with van der Waals surface area (Å²) in [5.74, 6) is 0.0596. The van der Waals surface area contributed by atoms with Gasteiger partial charge in [0.1, 0.15) is 5.54 Å². The number of nitrogens with zero attached hydrogens (tertiary/aromatic N) is 2. The number of hydrogen-bond acceptors (Lipinski definition) is 3. The van der Waals surface area contributed by atoms with Crippen LogP contribution in [0.15, 0.2) is 48.5 Å². The molecule has 1 saturated carbocycles. The molecule has 5 rings (SSSR count). The van der Waals surface area contributed by atoms with Crippen molar-refractivity contribution in [1.29, 1.82) is 0 Å². The first kappa shape index (κ1) is 24.3. The summed E-state index contributed by atoms with van der Waals surface area (Å²) < 4.78 is 0. The molecule has 2 fully saturated rings. The van der Waals surface area contributed by atoms with Crippen LogP contribution in [0.4, 0.5) is 0 Å². The van der Waals surface area contributed by atoms with Crippen molar-refractivity contribution in [2.45, 2.75) is 82.5 Å². The summed E-state index contributed by atoms with van der Waals surface area (Å²) in [6.45, 7) is 3.75. The van der Waals surface area contributed by atoms with Crippen LogP contribution in [0, 0.1) is 0 Å². The number of amides is 2. The zero-order chi connectivity index (χ0) is 24.4. The molecule has 0 aromatic heterocycles. The van der Waals surface area contributed by atoms with Gasteiger partial charge in [-0.25, -0.2) is 0 Å². The van der Waals surface area contributed by atoms with E-state index in [-0.39, 0.29) is 23.9 Å². The number of hydrogen-bond donors (Lipinski definition) is 1. The van der Waals surface area contributed by atoms with Crippen molar-refractivity contribution >= 4 is 23.4 Å². The van der Waals surface area contributed by atoms with Crippen molar-refractivity contribution in [2.75, 3.05) is 13.1 Å². The maximum absolute atomic E-state index is 14.0. The maximum atomic E-state index is 14.0. The van der Waals surface area contributed by atoms with Crippen LogP contribution in [0.3, 0.4) is 0 Å². The van der Waals surface area contributed by atoms with E-state index in [2.05, 4.69) is 28.4 Å². The standard InChI is InChI=1S/C29H36ClN3O2/c1-29(28(35)31-25-10-4-2-3-5-11-25)20-32-19-23-9-7-6-8-22(23)18-26(32)27(34)33(29)17-16-21-12-14-24(30)15-13-21/h6-9,12-15,25-26H,2-5,10-11,16-20H2,1H3,(H,31,35)/t26-,29+/m0/s1. The van der Waals surface area contributed by atoms with Crippen LogP contribution in [0.25, 0.3) is 0 Å². The molecule has 2 aromatic carbocycles. The van der Waals surface area contributed by atoms with Gasteiger partial charge in [0.2, 0.25) is 11.8 Å². The van der Waals surface area contributed by atoms with Gasteiger partial charge >= 0.3 is 0 Å². The Balaban J connectivity index is 1.41. The van der Waals surface area contributed by atoms with E-state index in [1.165, 1.54) is 24.0 Å². The first-order valence-corrected chi connectivity index (χ1v) is 13.5. The fourth-order valence-corrected chi connectivity index (χ4v) is 6.22. The summed E-state index contributed by atoms with van der Waals surface area (Å²) >= 11 is 6.07. The number of carbonyl (C=O) groups excluding carboxylic acids is 2. The minimum atomic E-state index is -0.904. The number of rotatable bonds is 5. The zero-order valence-electron chi connectivity index (χ0n) is 20.6. The Morgan fingerprint density at radius 3 is 2.43 bits per heavy atom. The van der Waals surface area contributed by atoms with E-state index in [4.69, 9.17) is 11.6 Å². The predicted molar refractivity (Wildman–Crippen MR) is 139 cm³/mol. The summed E-state index contributed by atoms with van der Waals surface area (Å²) in [4.78, 5) is 32.0. The fourth-order valence-electron chi connectivity index (χ4n) is 6.10. The van der Waals surface area contributed by atoms with Crippen molar-refractivity contribution < 1.29 is 9.59 Å². The van der Waals surface area contributed by atoms with Gasteiger partial charge in [0.15, 0.2) is 0 Å². The molecule has 2 aliphatic heterocycles. The van der Waals surface area contributed by atoms with Gasteiger partial charge in [-0.3, -0.25) is 14.5 Å². The Hall–Kier alpha value is -2.37. The predicted octanol–water partition coefficient (Wildman–Crippen LogP) is 4.75. The summed E-state index contributed by atoms with van der Waals surface area (Å²) in [6.07, 6.45) is 8.25. The monoisotopic (exact) mass is 493 g/mol. The van der Waals surface area contributed by atoms with Crippen LogP contribution in [0.1, 0.15) is 62.1 Å². The first-order chi connectivity index (χ1) is 16.9. The molecule has 2 heterocycles. The van der Waals surface area contributed by atoms with Crippen LogP contribution in [-0.4, -0.2) is 52.3 Å². The zero-order valence-corrected chi connectivity index (χ0v) is 21.4. The van der Waals surface area contributed by atoms with Gasteiger partial charge in [-0.05, 0) is 61.4 Å². The van der Waals surface area contributed by atoms with Crippen LogP contribution in [0.2, 0.25) is 5.02 Å². The second-order valence-electron chi connectivity index (χ2n) is 10.7. The second-order valence-corrected chi connectivity index (χ2v) is 11.1. The second kappa shape index (κ2) is 10.3. The smallest absolute Gasteiger partial charge is 0.247 e. The molecule has 0 unspecified atom stereocenters. The normalized spacial score (nSPS) is 25.5. The number of nitrogens with one attached hydrogen (secondary N) is 1. The Kier molecular flexibility index (Phi) is 7.17. The van der Waals surface area contributed by atoms with Crippen molar-refractivity contribution in [3.05, 3.63) is 70.2 Å². The third-order valence-corrected chi connectivity index (χ3v) is 8.47. The summed E-state index contributed by atoms with van der Waals surface area (Å²) in [6, 6.07) is 16.1. The third-order valence-electron chi connectivity index (χ3n) is 8.22. The molecular formula is C29H36ClN3O2. The molecule has 5 nitrogen and oxygen atoms in total. The van der Waals surface area contributed by atoms with Crippen LogP contribution in [-0.2, 0) is 29.0 Å². The van der Waals surface area contributed by atoms with E-state index < -0.39 is 5.54 Å². The van der Waals surface area contributed by atoms with Crippen LogP contribution >= 0.6 is 11.6 Å². The van der Waals surface area contributed by atoms with Gasteiger partial charge in [-0.15, -0.1) is 0 Å². The molecule has 35 heavy (non-hydrogen) atoms. The highest BCUT2D eigenvalue weighted by Gasteiger charge is 2.52. The van der Waals surface area contributed by atoms with E-state index >= 15 is 0 Å². The van der Waals surface area contributed by atoms with Gasteiger partial charge in [0.05, 0.1) is 6.04 Å². The van der Waals surface area contributed by atoms with E-state index in [0.29, 0.717) is 37.5 Å². The fraction of sp³-hybridized carbons (Fsp3) is 0.517. The number of halogens is 1. The van der Waals surface area contributed by atoms with Crippen LogP contribution in [0.5, 0.6) is 0 Å². The molecule has 2 amide bonds. The average Bonchev–Trinajstić information content (AvgIpc) is 3.13. The quantitative estimate of drug-likeness (QED) is 0.611. The van der Waals surface area contributed by atoms with Crippen LogP contribution < -0.4 is 5.32 Å². The molecule has 0 radical (unpaired) electrons. The molecule has 186 valence electrons. The largest absolute Gasteiger partial charge is 0.351 e. The van der Waals surface area contributed by atoms with Gasteiger partial charge in [-0.2, -0.15) is 0 Å². The average molecular weight is 494 g/mol. The molecule has 2 atom stereocenters. The van der Waals surface area contributed by atoms with E-state index in [1.54, 1.807) is 0 Å². The number of carbonyl (C=O) groups is 2. The highest BCUT2D eigenvalue weighted by molar-refractivity contribution is 6.30. The highest BCUT2D eigenvalue weighted by Crippen LogP contribution is 2.34. The lowest BCUT2D eigenvalue weighted by molar-refractivity contribution is -0.162. The number of fused-ring (bicyclic) bond motifs is 2. The van der Waals surface area contributed by atoms with E-state index in [1.807, 2.05) is 42.2 Å². The Morgan fingerprint density at radius 1 is 1.03 bits per heavy atom. The van der Waals surface area contributed by atoms with Crippen molar-refractivity contribution in [3.63, 3.8) is 0 Å². The van der Waals surface area contributed by atoms with E-state index in [0.717, 1.165) is 31.2 Å². The van der Waals surface area contributed by atoms with Gasteiger partial charge < -0.3 is 10.2 Å². The van der Waals surface area contributed by atoms with Gasteiger partial charge in [0, 0.05) is 30.7 Å². The number of benzene rings is 2. The Bertz CT molecular complexity index is 1060. The topological polar surface area (TPSA) is 52.7 Å². The summed E-state index contributed by atoms with van der Waals surface area (Å²) in [5.41, 5.74) is 2.72. The molecule has 3 aliphatic rings. The van der Waals surface area contributed by atoms with Gasteiger partial charge in [-0.1, -0.05) is 73.7 Å². The van der Waals surface area contributed by atoms with Crippen molar-refractivity contribution in [3.8, 4) is 0 Å². The molecule has 1 saturated heterocycles. The Labute approximate surface area is 213 Å². The highest BCUT2D eigenvalue weighted by atomic mass is 35.5. The number of piperazine rings is 1. The summed E-state index contributed by atoms with van der Waals surface area (Å²) in [5, 5.41) is 4.06. The molecule has 0 bridgehead atoms. The first-order valence-electron chi connectivity index (χ1n) is 13.1. The molecule has 2 aromatic rings. The minimum Gasteiger partial charge on any atom is -0.351 e.